The van der Waals surface area contributed by atoms with Crippen molar-refractivity contribution in [2.24, 2.45) is 11.8 Å². The molecule has 1 saturated carbocycles. The second-order valence-electron chi connectivity index (χ2n) is 9.83. The van der Waals surface area contributed by atoms with Crippen LogP contribution < -0.4 is 10.1 Å². The van der Waals surface area contributed by atoms with Crippen molar-refractivity contribution in [1.82, 2.24) is 5.32 Å². The van der Waals surface area contributed by atoms with E-state index in [9.17, 15) is 14.4 Å². The number of methoxy groups -OCH3 is 2. The first-order valence-corrected chi connectivity index (χ1v) is 12.5. The minimum absolute atomic E-state index is 0.128. The normalized spacial score (nSPS) is 25.4. The molecular formula is C28H35NO6. The molecule has 188 valence electrons. The molecule has 3 aliphatic rings. The number of benzene rings is 1. The number of ketones is 1. The molecule has 2 aliphatic carbocycles. The molecule has 7 nitrogen and oxygen atoms in total. The van der Waals surface area contributed by atoms with Crippen molar-refractivity contribution < 1.29 is 28.6 Å². The van der Waals surface area contributed by atoms with Crippen molar-refractivity contribution in [3.05, 3.63) is 52.4 Å². The number of dihydropyridines is 1. The number of allylic oxidation sites excluding steroid dienone is 3. The van der Waals surface area contributed by atoms with E-state index < -0.39 is 23.8 Å². The van der Waals surface area contributed by atoms with E-state index in [-0.39, 0.29) is 17.8 Å². The number of esters is 2. The number of rotatable bonds is 5. The van der Waals surface area contributed by atoms with Gasteiger partial charge in [-0.1, -0.05) is 31.9 Å². The zero-order valence-corrected chi connectivity index (χ0v) is 21.0. The van der Waals surface area contributed by atoms with Crippen molar-refractivity contribution in [2.45, 2.75) is 70.8 Å². The number of hydrogen-bond acceptors (Lipinski definition) is 7. The molecular weight excluding hydrogens is 446 g/mol. The number of carbonyl (C=O) groups excluding carboxylic acids is 3. The van der Waals surface area contributed by atoms with Crippen LogP contribution in [0.15, 0.2) is 46.8 Å². The highest BCUT2D eigenvalue weighted by Gasteiger charge is 2.47. The van der Waals surface area contributed by atoms with Gasteiger partial charge in [-0.3, -0.25) is 9.59 Å². The third-order valence-electron chi connectivity index (χ3n) is 7.47. The Kier molecular flexibility index (Phi) is 7.63. The summed E-state index contributed by atoms with van der Waals surface area (Å²) in [5.74, 6) is -2.44. The molecule has 3 unspecified atom stereocenters. The van der Waals surface area contributed by atoms with Crippen LogP contribution in [0.3, 0.4) is 0 Å². The van der Waals surface area contributed by atoms with Crippen LogP contribution in [0.5, 0.6) is 5.75 Å². The van der Waals surface area contributed by atoms with E-state index in [4.69, 9.17) is 14.2 Å². The van der Waals surface area contributed by atoms with E-state index in [1.54, 1.807) is 7.11 Å². The van der Waals surface area contributed by atoms with Gasteiger partial charge < -0.3 is 19.5 Å². The Balaban J connectivity index is 1.78. The molecule has 1 aliphatic heterocycles. The maximum atomic E-state index is 13.8. The van der Waals surface area contributed by atoms with Gasteiger partial charge in [-0.15, -0.1) is 0 Å². The Morgan fingerprint density at radius 2 is 1.77 bits per heavy atom. The average molecular weight is 482 g/mol. The molecule has 0 radical (unpaired) electrons. The van der Waals surface area contributed by atoms with Gasteiger partial charge in [0, 0.05) is 22.9 Å². The van der Waals surface area contributed by atoms with Crippen LogP contribution in [0.25, 0.3) is 0 Å². The van der Waals surface area contributed by atoms with E-state index in [1.165, 1.54) is 7.11 Å². The maximum absolute atomic E-state index is 13.8. The number of ether oxygens (including phenoxy) is 3. The second kappa shape index (κ2) is 10.7. The van der Waals surface area contributed by atoms with Gasteiger partial charge in [-0.25, -0.2) is 4.79 Å². The average Bonchev–Trinajstić information content (AvgIpc) is 3.11. The smallest absolute Gasteiger partial charge is 0.337 e. The summed E-state index contributed by atoms with van der Waals surface area (Å²) in [4.78, 5) is 40.1. The van der Waals surface area contributed by atoms with Crippen LogP contribution in [0, 0.1) is 11.8 Å². The van der Waals surface area contributed by atoms with Gasteiger partial charge in [-0.2, -0.15) is 0 Å². The van der Waals surface area contributed by atoms with Gasteiger partial charge in [0.15, 0.2) is 5.78 Å². The first-order valence-electron chi connectivity index (χ1n) is 12.5. The summed E-state index contributed by atoms with van der Waals surface area (Å²) in [6.07, 6.45) is 6.47. The quantitative estimate of drug-likeness (QED) is 0.374. The van der Waals surface area contributed by atoms with Crippen LogP contribution in [-0.4, -0.2) is 38.0 Å². The molecule has 1 fully saturated rings. The van der Waals surface area contributed by atoms with Crippen molar-refractivity contribution in [1.29, 1.82) is 0 Å². The number of Topliss-reactive ketones (excluding diaryl/α,β-unsaturated/α-hetero) is 1. The van der Waals surface area contributed by atoms with Gasteiger partial charge in [-0.05, 0) is 62.6 Å². The van der Waals surface area contributed by atoms with Gasteiger partial charge >= 0.3 is 11.9 Å². The number of carbonyl (C=O) groups is 3. The third kappa shape index (κ3) is 5.00. The Hall–Kier alpha value is -3.09. The fourth-order valence-corrected chi connectivity index (χ4v) is 5.68. The summed E-state index contributed by atoms with van der Waals surface area (Å²) >= 11 is 0. The third-order valence-corrected chi connectivity index (χ3v) is 7.47. The maximum Gasteiger partial charge on any atom is 0.337 e. The standard InChI is InChI=1S/C28H35NO6/c1-16-14-21-25(26(30)22(16)27(31)34-4)24(18-10-9-13-20(15-18)33-3)23(17(2)29-21)28(32)35-19-11-7-5-6-8-12-19/h9-10,13,15-16,19,22,24,29H,5-8,11-12,14H2,1-4H3. The predicted octanol–water partition coefficient (Wildman–Crippen LogP) is 4.57. The van der Waals surface area contributed by atoms with Crippen LogP contribution >= 0.6 is 0 Å². The lowest BCUT2D eigenvalue weighted by Gasteiger charge is -2.38. The van der Waals surface area contributed by atoms with Crippen LogP contribution in [-0.2, 0) is 23.9 Å². The highest BCUT2D eigenvalue weighted by atomic mass is 16.5. The summed E-state index contributed by atoms with van der Waals surface area (Å²) in [6, 6.07) is 7.38. The fraction of sp³-hybridized carbons (Fsp3) is 0.536. The van der Waals surface area contributed by atoms with Crippen LogP contribution in [0.4, 0.5) is 0 Å². The summed E-state index contributed by atoms with van der Waals surface area (Å²) in [5.41, 5.74) is 3.01. The number of nitrogens with one attached hydrogen (secondary N) is 1. The lowest BCUT2D eigenvalue weighted by molar-refractivity contribution is -0.151. The molecule has 1 aromatic rings. The summed E-state index contributed by atoms with van der Waals surface area (Å²) in [5, 5.41) is 3.32. The first kappa shape index (κ1) is 25.0. The minimum atomic E-state index is -0.911. The minimum Gasteiger partial charge on any atom is -0.497 e. The van der Waals surface area contributed by atoms with Crippen LogP contribution in [0.1, 0.15) is 70.3 Å². The van der Waals surface area contributed by atoms with Gasteiger partial charge in [0.05, 0.1) is 19.8 Å². The lowest BCUT2D eigenvalue weighted by Crippen LogP contribution is -2.43. The first-order chi connectivity index (χ1) is 16.8. The predicted molar refractivity (Wildman–Crippen MR) is 130 cm³/mol. The highest BCUT2D eigenvalue weighted by molar-refractivity contribution is 6.12. The Labute approximate surface area is 206 Å². The van der Waals surface area contributed by atoms with E-state index >= 15 is 0 Å². The second-order valence-corrected chi connectivity index (χ2v) is 9.83. The SMILES string of the molecule is COC(=O)C1C(=O)C2=C(CC1C)NC(C)=C(C(=O)OC1CCCCCC1)C2c1cccc(OC)c1. The van der Waals surface area contributed by atoms with Gasteiger partial charge in [0.1, 0.15) is 17.8 Å². The van der Waals surface area contributed by atoms with Crippen molar-refractivity contribution in [3.63, 3.8) is 0 Å². The van der Waals surface area contributed by atoms with E-state index in [0.29, 0.717) is 29.0 Å². The molecule has 1 aromatic carbocycles. The van der Waals surface area contributed by atoms with Crippen molar-refractivity contribution in [2.75, 3.05) is 14.2 Å². The molecule has 1 N–H and O–H groups in total. The van der Waals surface area contributed by atoms with Gasteiger partial charge in [0.25, 0.3) is 0 Å². The summed E-state index contributed by atoms with van der Waals surface area (Å²) in [6.45, 7) is 3.72. The Morgan fingerprint density at radius 3 is 2.43 bits per heavy atom. The zero-order chi connectivity index (χ0) is 25.1. The zero-order valence-electron chi connectivity index (χ0n) is 21.0. The number of hydrogen-bond donors (Lipinski definition) is 1. The van der Waals surface area contributed by atoms with Crippen molar-refractivity contribution >= 4 is 17.7 Å². The molecule has 0 spiro atoms. The largest absolute Gasteiger partial charge is 0.497 e. The molecule has 0 saturated heterocycles. The van der Waals surface area contributed by atoms with E-state index in [2.05, 4.69) is 5.32 Å². The molecule has 1 heterocycles. The van der Waals surface area contributed by atoms with E-state index in [0.717, 1.165) is 49.8 Å². The Bertz CT molecular complexity index is 1060. The van der Waals surface area contributed by atoms with Gasteiger partial charge in [0.2, 0.25) is 0 Å². The molecule has 0 bridgehead atoms. The highest BCUT2D eigenvalue weighted by Crippen LogP contribution is 2.46. The molecule has 7 heteroatoms. The lowest BCUT2D eigenvalue weighted by atomic mass is 9.69. The molecule has 0 amide bonds. The Morgan fingerprint density at radius 1 is 1.06 bits per heavy atom. The van der Waals surface area contributed by atoms with E-state index in [1.807, 2.05) is 38.1 Å². The summed E-state index contributed by atoms with van der Waals surface area (Å²) < 4.78 is 16.4. The fourth-order valence-electron chi connectivity index (χ4n) is 5.68. The summed E-state index contributed by atoms with van der Waals surface area (Å²) in [7, 11) is 2.87. The van der Waals surface area contributed by atoms with Crippen LogP contribution in [0.2, 0.25) is 0 Å². The van der Waals surface area contributed by atoms with Crippen molar-refractivity contribution in [3.8, 4) is 5.75 Å². The molecule has 4 rings (SSSR count). The molecule has 0 aromatic heterocycles. The topological polar surface area (TPSA) is 90.9 Å². The monoisotopic (exact) mass is 481 g/mol. The molecule has 3 atom stereocenters. The molecule has 35 heavy (non-hydrogen) atoms.